The first kappa shape index (κ1) is 17.2. The highest BCUT2D eigenvalue weighted by atomic mass is 35.5. The van der Waals surface area contributed by atoms with Crippen LogP contribution in [0.4, 0.5) is 0 Å². The van der Waals surface area contributed by atoms with Gasteiger partial charge in [-0.05, 0) is 49.4 Å². The van der Waals surface area contributed by atoms with Crippen LogP contribution in [-0.4, -0.2) is 25.8 Å². The molecule has 0 radical (unpaired) electrons. The van der Waals surface area contributed by atoms with E-state index in [1.165, 1.54) is 16.7 Å². The number of aryl methyl sites for hydroxylation is 1. The Labute approximate surface area is 149 Å². The topological polar surface area (TPSA) is 50.4 Å². The Morgan fingerprint density at radius 1 is 1.29 bits per heavy atom. The Morgan fingerprint density at radius 3 is 3.08 bits per heavy atom. The summed E-state index contributed by atoms with van der Waals surface area (Å²) in [6, 6.07) is 6.24. The molecule has 1 aliphatic heterocycles. The standard InChI is InChI=1S/C20H24ClN3/c21-18-8-3-6-15-9-10-16-5-1-2-13-24-20(16)17(19(15)18)7-4-12-23-14-11-22/h3,6,8,13,17,23H,2,4,7,9-12,14,22H2. The molecule has 2 aliphatic rings. The van der Waals surface area contributed by atoms with Crippen molar-refractivity contribution in [3.8, 4) is 11.8 Å². The molecule has 0 saturated carbocycles. The first-order valence-electron chi connectivity index (χ1n) is 8.73. The smallest absolute Gasteiger partial charge is 0.0590 e. The fourth-order valence-corrected chi connectivity index (χ4v) is 3.83. The Balaban J connectivity index is 1.91. The summed E-state index contributed by atoms with van der Waals surface area (Å²) in [5, 5.41) is 4.23. The number of aliphatic imine (C=N–C) groups is 1. The monoisotopic (exact) mass is 341 g/mol. The van der Waals surface area contributed by atoms with Crippen LogP contribution in [0.15, 0.2) is 34.5 Å². The van der Waals surface area contributed by atoms with Gasteiger partial charge in [-0.25, -0.2) is 0 Å². The first-order chi connectivity index (χ1) is 11.8. The van der Waals surface area contributed by atoms with E-state index in [0.717, 1.165) is 55.9 Å². The summed E-state index contributed by atoms with van der Waals surface area (Å²) >= 11 is 6.60. The van der Waals surface area contributed by atoms with Crippen molar-refractivity contribution < 1.29 is 0 Å². The number of rotatable bonds is 6. The second-order valence-electron chi connectivity index (χ2n) is 6.23. The van der Waals surface area contributed by atoms with E-state index in [4.69, 9.17) is 22.3 Å². The van der Waals surface area contributed by atoms with Crippen molar-refractivity contribution in [2.24, 2.45) is 10.7 Å². The molecule has 3 N–H and O–H groups in total. The van der Waals surface area contributed by atoms with E-state index in [2.05, 4.69) is 23.2 Å². The molecule has 1 aliphatic carbocycles. The highest BCUT2D eigenvalue weighted by Crippen LogP contribution is 2.41. The van der Waals surface area contributed by atoms with E-state index < -0.39 is 0 Å². The predicted molar refractivity (Wildman–Crippen MR) is 102 cm³/mol. The van der Waals surface area contributed by atoms with Gasteiger partial charge in [0.25, 0.3) is 0 Å². The lowest BCUT2D eigenvalue weighted by atomic mass is 9.88. The average molecular weight is 342 g/mol. The number of fused-ring (bicyclic) bond motifs is 1. The van der Waals surface area contributed by atoms with Crippen LogP contribution in [-0.2, 0) is 6.42 Å². The largest absolute Gasteiger partial charge is 0.329 e. The summed E-state index contributed by atoms with van der Waals surface area (Å²) < 4.78 is 0. The Kier molecular flexibility index (Phi) is 6.09. The molecule has 0 fully saturated rings. The van der Waals surface area contributed by atoms with Gasteiger partial charge in [-0.2, -0.15) is 0 Å². The van der Waals surface area contributed by atoms with Crippen LogP contribution in [0.3, 0.4) is 0 Å². The van der Waals surface area contributed by atoms with Gasteiger partial charge >= 0.3 is 0 Å². The minimum atomic E-state index is 0.231. The normalized spacial score (nSPS) is 19.0. The van der Waals surface area contributed by atoms with Crippen LogP contribution in [0.5, 0.6) is 0 Å². The van der Waals surface area contributed by atoms with Crippen molar-refractivity contribution in [3.05, 3.63) is 45.6 Å². The Morgan fingerprint density at radius 2 is 2.21 bits per heavy atom. The fourth-order valence-electron chi connectivity index (χ4n) is 3.51. The third-order valence-corrected chi connectivity index (χ3v) is 4.94. The van der Waals surface area contributed by atoms with Crippen molar-refractivity contribution in [1.82, 2.24) is 5.32 Å². The Hall–Kier alpha value is -1.60. The number of nitrogens with one attached hydrogen (secondary N) is 1. The average Bonchev–Trinajstić information content (AvgIpc) is 2.89. The molecule has 0 aromatic heterocycles. The van der Waals surface area contributed by atoms with Crippen LogP contribution >= 0.6 is 11.6 Å². The van der Waals surface area contributed by atoms with Crippen molar-refractivity contribution in [2.75, 3.05) is 19.6 Å². The van der Waals surface area contributed by atoms with Gasteiger partial charge in [-0.15, -0.1) is 0 Å². The molecule has 24 heavy (non-hydrogen) atoms. The molecule has 126 valence electrons. The zero-order valence-electron chi connectivity index (χ0n) is 13.9. The zero-order valence-corrected chi connectivity index (χ0v) is 14.7. The number of hydrogen-bond acceptors (Lipinski definition) is 3. The van der Waals surface area contributed by atoms with Gasteiger partial charge in [-0.1, -0.05) is 35.6 Å². The van der Waals surface area contributed by atoms with Gasteiger partial charge in [0.15, 0.2) is 0 Å². The van der Waals surface area contributed by atoms with Gasteiger partial charge in [0.1, 0.15) is 0 Å². The lowest BCUT2D eigenvalue weighted by molar-refractivity contribution is 0.589. The lowest BCUT2D eigenvalue weighted by Gasteiger charge is -2.21. The van der Waals surface area contributed by atoms with Gasteiger partial charge in [-0.3, -0.25) is 4.99 Å². The predicted octanol–water partition coefficient (Wildman–Crippen LogP) is 3.43. The summed E-state index contributed by atoms with van der Waals surface area (Å²) in [6.45, 7) is 2.50. The number of hydrogen-bond donors (Lipinski definition) is 2. The molecule has 1 atom stereocenters. The van der Waals surface area contributed by atoms with E-state index >= 15 is 0 Å². The van der Waals surface area contributed by atoms with E-state index in [-0.39, 0.29) is 5.92 Å². The van der Waals surface area contributed by atoms with Crippen LogP contribution in [0.1, 0.15) is 42.7 Å². The van der Waals surface area contributed by atoms with Crippen LogP contribution < -0.4 is 11.1 Å². The third kappa shape index (κ3) is 3.89. The van der Waals surface area contributed by atoms with Gasteiger partial charge in [0, 0.05) is 42.2 Å². The molecule has 4 heteroatoms. The number of nitrogens with two attached hydrogens (primary N) is 1. The summed E-state index contributed by atoms with van der Waals surface area (Å²) in [5.41, 5.74) is 10.5. The number of allylic oxidation sites excluding steroid dienone is 2. The maximum Gasteiger partial charge on any atom is 0.0590 e. The molecular formula is C20H24ClN3. The van der Waals surface area contributed by atoms with Crippen LogP contribution in [0.25, 0.3) is 0 Å². The maximum absolute atomic E-state index is 6.60. The number of nitrogens with zero attached hydrogens (tertiary/aromatic N) is 1. The molecule has 1 unspecified atom stereocenters. The van der Waals surface area contributed by atoms with Gasteiger partial charge in [0.2, 0.25) is 0 Å². The molecule has 0 saturated heterocycles. The number of halogens is 1. The minimum absolute atomic E-state index is 0.231. The van der Waals surface area contributed by atoms with Crippen LogP contribution in [0.2, 0.25) is 5.02 Å². The molecule has 1 heterocycles. The molecule has 0 spiro atoms. The second-order valence-corrected chi connectivity index (χ2v) is 6.63. The van der Waals surface area contributed by atoms with Crippen molar-refractivity contribution in [3.63, 3.8) is 0 Å². The summed E-state index contributed by atoms with van der Waals surface area (Å²) in [5.74, 6) is 6.78. The highest BCUT2D eigenvalue weighted by molar-refractivity contribution is 6.31. The van der Waals surface area contributed by atoms with Crippen molar-refractivity contribution in [1.29, 1.82) is 0 Å². The zero-order chi connectivity index (χ0) is 16.8. The van der Waals surface area contributed by atoms with Crippen molar-refractivity contribution >= 4 is 17.8 Å². The molecule has 0 bridgehead atoms. The third-order valence-electron chi connectivity index (χ3n) is 4.61. The van der Waals surface area contributed by atoms with E-state index in [9.17, 15) is 0 Å². The van der Waals surface area contributed by atoms with Crippen molar-refractivity contribution in [2.45, 2.75) is 38.0 Å². The van der Waals surface area contributed by atoms with E-state index in [1.807, 2.05) is 18.3 Å². The quantitative estimate of drug-likeness (QED) is 0.615. The summed E-state index contributed by atoms with van der Waals surface area (Å²) in [6.07, 6.45) is 6.70. The Bertz CT molecular complexity index is 709. The molecule has 0 amide bonds. The minimum Gasteiger partial charge on any atom is -0.329 e. The van der Waals surface area contributed by atoms with E-state index in [0.29, 0.717) is 6.54 Å². The molecule has 3 rings (SSSR count). The summed E-state index contributed by atoms with van der Waals surface area (Å²) in [7, 11) is 0. The van der Waals surface area contributed by atoms with E-state index in [1.54, 1.807) is 0 Å². The number of benzene rings is 1. The second kappa shape index (κ2) is 8.48. The van der Waals surface area contributed by atoms with Crippen LogP contribution in [0, 0.1) is 11.8 Å². The fraction of sp³-hybridized carbons (Fsp3) is 0.450. The highest BCUT2D eigenvalue weighted by Gasteiger charge is 2.27. The first-order valence-corrected chi connectivity index (χ1v) is 9.11. The molecule has 1 aromatic carbocycles. The molecular weight excluding hydrogens is 318 g/mol. The van der Waals surface area contributed by atoms with Gasteiger partial charge in [0.05, 0.1) is 5.70 Å². The maximum atomic E-state index is 6.60. The SMILES string of the molecule is NCCNCCCC1C2=C(C#CCC=N2)CCc2cccc(Cl)c21. The summed E-state index contributed by atoms with van der Waals surface area (Å²) in [4.78, 5) is 4.77. The molecule has 1 aromatic rings. The lowest BCUT2D eigenvalue weighted by Crippen LogP contribution is -2.23. The molecule has 3 nitrogen and oxygen atoms in total. The van der Waals surface area contributed by atoms with Gasteiger partial charge < -0.3 is 11.1 Å².